The Bertz CT molecular complexity index is 1630. The van der Waals surface area contributed by atoms with Crippen LogP contribution < -0.4 is 20.2 Å². The van der Waals surface area contributed by atoms with Crippen LogP contribution in [0.15, 0.2) is 94.3 Å². The highest BCUT2D eigenvalue weighted by Gasteiger charge is 2.12. The van der Waals surface area contributed by atoms with Crippen LogP contribution in [-0.2, 0) is 4.79 Å². The van der Waals surface area contributed by atoms with Gasteiger partial charge in [-0.15, -0.1) is 0 Å². The van der Waals surface area contributed by atoms with Gasteiger partial charge in [-0.2, -0.15) is 0 Å². The van der Waals surface area contributed by atoms with E-state index < -0.39 is 5.91 Å². The molecule has 0 spiro atoms. The van der Waals surface area contributed by atoms with Crippen molar-refractivity contribution in [3.63, 3.8) is 0 Å². The van der Waals surface area contributed by atoms with E-state index in [1.807, 2.05) is 36.4 Å². The Morgan fingerprint density at radius 3 is 2.54 bits per heavy atom. The van der Waals surface area contributed by atoms with Crippen LogP contribution in [0.2, 0.25) is 10.0 Å². The molecule has 0 unspecified atom stereocenters. The van der Waals surface area contributed by atoms with Crippen molar-refractivity contribution in [2.24, 2.45) is 0 Å². The van der Waals surface area contributed by atoms with Gasteiger partial charge >= 0.3 is 0 Å². The second-order valence-corrected chi connectivity index (χ2v) is 8.42. The lowest BCUT2D eigenvalue weighted by Crippen LogP contribution is -2.20. The molecule has 1 heterocycles. The lowest BCUT2D eigenvalue weighted by molar-refractivity contribution is -0.118. The van der Waals surface area contributed by atoms with Crippen LogP contribution in [0.1, 0.15) is 0 Å². The maximum Gasteiger partial charge on any atom is 0.262 e. The Balaban J connectivity index is 1.29. The molecule has 35 heavy (non-hydrogen) atoms. The van der Waals surface area contributed by atoms with E-state index in [0.717, 1.165) is 10.8 Å². The zero-order valence-corrected chi connectivity index (χ0v) is 19.6. The second kappa shape index (κ2) is 9.70. The van der Waals surface area contributed by atoms with Gasteiger partial charge in [0.15, 0.2) is 6.61 Å². The average molecular weight is 506 g/mol. The number of amides is 1. The van der Waals surface area contributed by atoms with Gasteiger partial charge in [0, 0.05) is 6.07 Å². The number of carbonyl (C=O) groups is 1. The fourth-order valence-corrected chi connectivity index (χ4v) is 3.89. The van der Waals surface area contributed by atoms with Crippen molar-refractivity contribution in [1.29, 1.82) is 0 Å². The quantitative estimate of drug-likeness (QED) is 0.267. The average Bonchev–Trinajstić information content (AvgIpc) is 2.87. The summed E-state index contributed by atoms with van der Waals surface area (Å²) in [5, 5.41) is 5.61. The smallest absolute Gasteiger partial charge is 0.262 e. The van der Waals surface area contributed by atoms with Gasteiger partial charge in [-0.1, -0.05) is 59.6 Å². The molecule has 4 aromatic carbocycles. The first-order valence-corrected chi connectivity index (χ1v) is 11.3. The molecule has 0 atom stereocenters. The zero-order chi connectivity index (χ0) is 24.4. The van der Waals surface area contributed by atoms with Crippen molar-refractivity contribution in [2.45, 2.75) is 0 Å². The molecule has 1 N–H and O–H groups in total. The Hall–Kier alpha value is -4.00. The van der Waals surface area contributed by atoms with Crippen molar-refractivity contribution in [3.05, 3.63) is 105 Å². The summed E-state index contributed by atoms with van der Waals surface area (Å²) >= 11 is 12.0. The third-order valence-electron chi connectivity index (χ3n) is 5.26. The Labute approximate surface area is 209 Å². The SMILES string of the molecule is O=C(COc1ccc2c(=O)c(Oc3ccc4ccccc4c3)coc2c1)Nc1cccc(Cl)c1Cl. The summed E-state index contributed by atoms with van der Waals surface area (Å²) in [6, 6.07) is 23.1. The lowest BCUT2D eigenvalue weighted by Gasteiger charge is -2.10. The predicted molar refractivity (Wildman–Crippen MR) is 137 cm³/mol. The number of fused-ring (bicyclic) bond motifs is 2. The number of rotatable bonds is 6. The van der Waals surface area contributed by atoms with E-state index in [2.05, 4.69) is 5.32 Å². The topological polar surface area (TPSA) is 77.8 Å². The van der Waals surface area contributed by atoms with E-state index in [9.17, 15) is 9.59 Å². The molecule has 0 radical (unpaired) electrons. The Morgan fingerprint density at radius 2 is 1.69 bits per heavy atom. The van der Waals surface area contributed by atoms with E-state index in [4.69, 9.17) is 37.1 Å². The molecule has 8 heteroatoms. The van der Waals surface area contributed by atoms with Crippen LogP contribution in [-0.4, -0.2) is 12.5 Å². The predicted octanol–water partition coefficient (Wildman–Crippen LogP) is 7.06. The number of benzene rings is 4. The standard InChI is InChI=1S/C27H17Cl2NO5/c28-21-6-3-7-22(26(21)29)30-25(31)15-33-18-10-11-20-23(13-18)34-14-24(27(20)32)35-19-9-8-16-4-1-2-5-17(16)12-19/h1-14H,15H2,(H,30,31). The monoisotopic (exact) mass is 505 g/mol. The summed E-state index contributed by atoms with van der Waals surface area (Å²) in [6.45, 7) is -0.276. The van der Waals surface area contributed by atoms with Crippen LogP contribution in [0.4, 0.5) is 5.69 Å². The van der Waals surface area contributed by atoms with Crippen LogP contribution >= 0.6 is 23.2 Å². The largest absolute Gasteiger partial charge is 0.484 e. The molecule has 0 aliphatic rings. The molecule has 0 fully saturated rings. The molecule has 0 aliphatic carbocycles. The third-order valence-corrected chi connectivity index (χ3v) is 6.08. The van der Waals surface area contributed by atoms with E-state index in [-0.39, 0.29) is 22.8 Å². The third kappa shape index (κ3) is 4.94. The zero-order valence-electron chi connectivity index (χ0n) is 18.1. The van der Waals surface area contributed by atoms with Gasteiger partial charge in [0.05, 0.1) is 21.1 Å². The fraction of sp³-hybridized carbons (Fsp3) is 0.0370. The number of halogens is 2. The van der Waals surface area contributed by atoms with Gasteiger partial charge in [-0.25, -0.2) is 0 Å². The molecule has 174 valence electrons. The van der Waals surface area contributed by atoms with Gasteiger partial charge < -0.3 is 19.2 Å². The van der Waals surface area contributed by atoms with Crippen LogP contribution in [0.3, 0.4) is 0 Å². The van der Waals surface area contributed by atoms with Gasteiger partial charge in [0.2, 0.25) is 11.2 Å². The van der Waals surface area contributed by atoms with Crippen LogP contribution in [0.25, 0.3) is 21.7 Å². The first-order chi connectivity index (χ1) is 17.0. The number of ether oxygens (including phenoxy) is 2. The van der Waals surface area contributed by atoms with E-state index in [1.165, 1.54) is 12.3 Å². The number of carbonyl (C=O) groups excluding carboxylic acids is 1. The first-order valence-electron chi connectivity index (χ1n) is 10.6. The van der Waals surface area contributed by atoms with Crippen molar-refractivity contribution in [1.82, 2.24) is 0 Å². The van der Waals surface area contributed by atoms with Gasteiger partial charge in [0.1, 0.15) is 23.3 Å². The molecular weight excluding hydrogens is 489 g/mol. The summed E-state index contributed by atoms with van der Waals surface area (Å²) < 4.78 is 17.0. The summed E-state index contributed by atoms with van der Waals surface area (Å²) in [5.41, 5.74) is 0.368. The Kier molecular flexibility index (Phi) is 6.31. The highest BCUT2D eigenvalue weighted by molar-refractivity contribution is 6.44. The highest BCUT2D eigenvalue weighted by Crippen LogP contribution is 2.30. The summed E-state index contributed by atoms with van der Waals surface area (Å²) in [7, 11) is 0. The number of hydrogen-bond donors (Lipinski definition) is 1. The molecule has 0 saturated carbocycles. The van der Waals surface area contributed by atoms with E-state index >= 15 is 0 Å². The Morgan fingerprint density at radius 1 is 0.886 bits per heavy atom. The summed E-state index contributed by atoms with van der Waals surface area (Å²) in [4.78, 5) is 25.2. The van der Waals surface area contributed by atoms with Crippen LogP contribution in [0.5, 0.6) is 17.2 Å². The van der Waals surface area contributed by atoms with E-state index in [1.54, 1.807) is 36.4 Å². The van der Waals surface area contributed by atoms with Gasteiger partial charge in [-0.05, 0) is 47.2 Å². The van der Waals surface area contributed by atoms with Crippen LogP contribution in [0, 0.1) is 0 Å². The first kappa shape index (κ1) is 22.8. The van der Waals surface area contributed by atoms with E-state index in [0.29, 0.717) is 33.2 Å². The minimum absolute atomic E-state index is 0.0687. The van der Waals surface area contributed by atoms with Crippen molar-refractivity contribution < 1.29 is 18.7 Å². The van der Waals surface area contributed by atoms with Crippen molar-refractivity contribution >= 4 is 56.5 Å². The highest BCUT2D eigenvalue weighted by atomic mass is 35.5. The fourth-order valence-electron chi connectivity index (χ4n) is 3.54. The molecular formula is C27H17Cl2NO5. The maximum atomic E-state index is 12.9. The molecule has 0 aliphatic heterocycles. The second-order valence-electron chi connectivity index (χ2n) is 7.64. The summed E-state index contributed by atoms with van der Waals surface area (Å²) in [5.74, 6) is 0.534. The van der Waals surface area contributed by atoms with Crippen molar-refractivity contribution in [2.75, 3.05) is 11.9 Å². The minimum Gasteiger partial charge on any atom is -0.484 e. The number of hydrogen-bond acceptors (Lipinski definition) is 5. The molecule has 1 amide bonds. The normalized spacial score (nSPS) is 10.9. The lowest BCUT2D eigenvalue weighted by atomic mass is 10.1. The molecule has 6 nitrogen and oxygen atoms in total. The van der Waals surface area contributed by atoms with Gasteiger partial charge in [0.25, 0.3) is 5.91 Å². The minimum atomic E-state index is -0.421. The molecule has 0 saturated heterocycles. The number of anilines is 1. The molecule has 5 aromatic rings. The molecule has 0 bridgehead atoms. The van der Waals surface area contributed by atoms with Gasteiger partial charge in [-0.3, -0.25) is 9.59 Å². The maximum absolute atomic E-state index is 12.9. The number of nitrogens with one attached hydrogen (secondary N) is 1. The molecule has 1 aromatic heterocycles. The van der Waals surface area contributed by atoms with Crippen molar-refractivity contribution in [3.8, 4) is 17.2 Å². The summed E-state index contributed by atoms with van der Waals surface area (Å²) in [6.07, 6.45) is 1.26. The molecule has 5 rings (SSSR count).